The van der Waals surface area contributed by atoms with Gasteiger partial charge in [0.05, 0.1) is 0 Å². The summed E-state index contributed by atoms with van der Waals surface area (Å²) in [5.74, 6) is 13.1. The number of halogens is 2. The van der Waals surface area contributed by atoms with E-state index in [2.05, 4.69) is 85.1 Å². The lowest BCUT2D eigenvalue weighted by Gasteiger charge is -2.03. The fourth-order valence-corrected chi connectivity index (χ4v) is 4.21. The Morgan fingerprint density at radius 2 is 1.23 bits per heavy atom. The molecular weight excluding hydrogens is 512 g/mol. The second kappa shape index (κ2) is 11.9. The Morgan fingerprint density at radius 1 is 0.710 bits per heavy atom. The summed E-state index contributed by atoms with van der Waals surface area (Å²) >= 11 is 7.14. The van der Waals surface area contributed by atoms with Crippen LogP contribution in [0.3, 0.4) is 0 Å². The molecule has 0 saturated carbocycles. The third-order valence-electron chi connectivity index (χ3n) is 4.58. The maximum Gasteiger partial charge on any atom is 0.0263 e. The second-order valence-electron chi connectivity index (χ2n) is 7.17. The maximum absolute atomic E-state index is 5.68. The molecule has 0 aliphatic carbocycles. The van der Waals surface area contributed by atoms with Crippen molar-refractivity contribution >= 4 is 31.9 Å². The van der Waals surface area contributed by atoms with Gasteiger partial charge in [-0.1, -0.05) is 61.6 Å². The molecule has 0 radical (unpaired) electrons. The van der Waals surface area contributed by atoms with Gasteiger partial charge in [-0.15, -0.1) is 0 Å². The van der Waals surface area contributed by atoms with E-state index >= 15 is 0 Å². The summed E-state index contributed by atoms with van der Waals surface area (Å²) in [4.78, 5) is 0. The van der Waals surface area contributed by atoms with E-state index in [4.69, 9.17) is 5.73 Å². The molecule has 0 saturated heterocycles. The Hall–Kier alpha value is -2.34. The van der Waals surface area contributed by atoms with E-state index in [1.165, 1.54) is 11.1 Å². The molecule has 0 bridgehead atoms. The van der Waals surface area contributed by atoms with Gasteiger partial charge in [0.25, 0.3) is 0 Å². The van der Waals surface area contributed by atoms with Crippen LogP contribution in [0.1, 0.15) is 33.4 Å². The van der Waals surface area contributed by atoms with E-state index in [1.807, 2.05) is 43.4 Å². The van der Waals surface area contributed by atoms with Crippen molar-refractivity contribution in [1.82, 2.24) is 5.32 Å². The zero-order valence-electron chi connectivity index (χ0n) is 17.4. The summed E-state index contributed by atoms with van der Waals surface area (Å²) < 4.78 is 2.07. The van der Waals surface area contributed by atoms with Crippen LogP contribution in [0.4, 0.5) is 0 Å². The van der Waals surface area contributed by atoms with Gasteiger partial charge in [-0.2, -0.15) is 0 Å². The third kappa shape index (κ3) is 7.69. The second-order valence-corrected chi connectivity index (χ2v) is 9.00. The molecule has 0 aromatic heterocycles. The van der Waals surface area contributed by atoms with Crippen LogP contribution in [0, 0.1) is 23.7 Å². The summed E-state index contributed by atoms with van der Waals surface area (Å²) in [7, 11) is 1.96. The average Bonchev–Trinajstić information content (AvgIpc) is 2.75. The molecule has 0 atom stereocenters. The molecule has 0 fully saturated rings. The molecule has 0 heterocycles. The molecule has 0 aliphatic rings. The van der Waals surface area contributed by atoms with Crippen molar-refractivity contribution in [2.45, 2.75) is 12.8 Å². The highest BCUT2D eigenvalue weighted by Crippen LogP contribution is 2.17. The SMILES string of the molecule is CNCCc1cc(Br)cc(C#Cc2cccc(C#Cc3cc(Br)cc(CCN)c3)c2)c1. The molecule has 3 N–H and O–H groups in total. The Labute approximate surface area is 201 Å². The maximum atomic E-state index is 5.68. The summed E-state index contributed by atoms with van der Waals surface area (Å²) in [6.45, 7) is 1.56. The molecule has 0 unspecified atom stereocenters. The van der Waals surface area contributed by atoms with Crippen molar-refractivity contribution in [1.29, 1.82) is 0 Å². The summed E-state index contributed by atoms with van der Waals surface area (Å²) in [5, 5.41) is 3.18. The predicted octanol–water partition coefficient (Wildman–Crippen LogP) is 5.27. The van der Waals surface area contributed by atoms with Gasteiger partial charge >= 0.3 is 0 Å². The smallest absolute Gasteiger partial charge is 0.0263 e. The quantitative estimate of drug-likeness (QED) is 0.436. The van der Waals surface area contributed by atoms with Crippen LogP contribution in [0.15, 0.2) is 69.6 Å². The number of hydrogen-bond donors (Lipinski definition) is 2. The van der Waals surface area contributed by atoms with E-state index in [1.54, 1.807) is 0 Å². The van der Waals surface area contributed by atoms with Crippen molar-refractivity contribution in [3.05, 3.63) is 103 Å². The van der Waals surface area contributed by atoms with E-state index in [9.17, 15) is 0 Å². The number of nitrogens with two attached hydrogens (primary N) is 1. The largest absolute Gasteiger partial charge is 0.330 e. The van der Waals surface area contributed by atoms with Crippen molar-refractivity contribution in [3.63, 3.8) is 0 Å². The summed E-state index contributed by atoms with van der Waals surface area (Å²) in [5.41, 5.74) is 12.0. The molecular formula is C27H24Br2N2. The highest BCUT2D eigenvalue weighted by Gasteiger charge is 1.99. The number of benzene rings is 3. The van der Waals surface area contributed by atoms with Gasteiger partial charge in [-0.05, 0) is 98.7 Å². The Balaban J connectivity index is 1.80. The van der Waals surface area contributed by atoms with Crippen molar-refractivity contribution in [2.75, 3.05) is 20.1 Å². The minimum Gasteiger partial charge on any atom is -0.330 e. The lowest BCUT2D eigenvalue weighted by atomic mass is 10.1. The van der Waals surface area contributed by atoms with Gasteiger partial charge in [-0.25, -0.2) is 0 Å². The molecule has 4 heteroatoms. The highest BCUT2D eigenvalue weighted by molar-refractivity contribution is 9.10. The summed E-state index contributed by atoms with van der Waals surface area (Å²) in [6, 6.07) is 20.6. The lowest BCUT2D eigenvalue weighted by Crippen LogP contribution is -2.10. The van der Waals surface area contributed by atoms with Crippen molar-refractivity contribution in [3.8, 4) is 23.7 Å². The minimum atomic E-state index is 0.624. The standard InChI is InChI=1S/C27H24Br2N2/c1-31-12-10-25-15-23(17-27(29)19-25)8-6-21-4-2-3-20(13-21)5-7-22-14-24(9-11-30)18-26(28)16-22/h2-4,13-19,31H,9-12,30H2,1H3. The first-order valence-corrected chi connectivity index (χ1v) is 11.7. The number of rotatable bonds is 5. The van der Waals surface area contributed by atoms with Gasteiger partial charge in [-0.3, -0.25) is 0 Å². The molecule has 31 heavy (non-hydrogen) atoms. The van der Waals surface area contributed by atoms with Gasteiger partial charge in [0.1, 0.15) is 0 Å². The average molecular weight is 536 g/mol. The monoisotopic (exact) mass is 534 g/mol. The van der Waals surface area contributed by atoms with Gasteiger partial charge in [0.15, 0.2) is 0 Å². The molecule has 3 aromatic rings. The Morgan fingerprint density at radius 3 is 1.74 bits per heavy atom. The fraction of sp³-hybridized carbons (Fsp3) is 0.185. The number of hydrogen-bond acceptors (Lipinski definition) is 2. The van der Waals surface area contributed by atoms with Gasteiger partial charge in [0, 0.05) is 31.2 Å². The van der Waals surface area contributed by atoms with E-state index in [0.717, 1.165) is 50.6 Å². The fourth-order valence-electron chi connectivity index (χ4n) is 3.13. The first-order chi connectivity index (χ1) is 15.1. The first kappa shape index (κ1) is 23.3. The third-order valence-corrected chi connectivity index (χ3v) is 5.49. The predicted molar refractivity (Wildman–Crippen MR) is 137 cm³/mol. The van der Waals surface area contributed by atoms with Gasteiger partial charge in [0.2, 0.25) is 0 Å². The Bertz CT molecular complexity index is 1180. The number of nitrogens with one attached hydrogen (secondary N) is 1. The van der Waals surface area contributed by atoms with Crippen LogP contribution >= 0.6 is 31.9 Å². The number of likely N-dealkylation sites (N-methyl/N-ethyl adjacent to an activating group) is 1. The van der Waals surface area contributed by atoms with Crippen LogP contribution < -0.4 is 11.1 Å². The van der Waals surface area contributed by atoms with Crippen LogP contribution in [-0.2, 0) is 12.8 Å². The van der Waals surface area contributed by atoms with Crippen molar-refractivity contribution in [2.24, 2.45) is 5.73 Å². The molecule has 0 spiro atoms. The highest BCUT2D eigenvalue weighted by atomic mass is 79.9. The first-order valence-electron chi connectivity index (χ1n) is 10.1. The molecule has 2 nitrogen and oxygen atoms in total. The van der Waals surface area contributed by atoms with E-state index in [0.29, 0.717) is 6.54 Å². The van der Waals surface area contributed by atoms with E-state index in [-0.39, 0.29) is 0 Å². The molecule has 156 valence electrons. The zero-order valence-corrected chi connectivity index (χ0v) is 20.6. The normalized spacial score (nSPS) is 10.1. The van der Waals surface area contributed by atoms with E-state index < -0.39 is 0 Å². The van der Waals surface area contributed by atoms with Crippen molar-refractivity contribution < 1.29 is 0 Å². The molecule has 0 amide bonds. The van der Waals surface area contributed by atoms with Crippen LogP contribution in [0.5, 0.6) is 0 Å². The molecule has 3 aromatic carbocycles. The van der Waals surface area contributed by atoms with Crippen LogP contribution in [-0.4, -0.2) is 20.1 Å². The molecule has 3 rings (SSSR count). The topological polar surface area (TPSA) is 38.0 Å². The molecule has 0 aliphatic heterocycles. The lowest BCUT2D eigenvalue weighted by molar-refractivity contribution is 0.791. The minimum absolute atomic E-state index is 0.624. The Kier molecular flexibility index (Phi) is 8.95. The van der Waals surface area contributed by atoms with Crippen LogP contribution in [0.25, 0.3) is 0 Å². The van der Waals surface area contributed by atoms with Crippen LogP contribution in [0.2, 0.25) is 0 Å². The zero-order chi connectivity index (χ0) is 22.1. The summed E-state index contributed by atoms with van der Waals surface area (Å²) in [6.07, 6.45) is 1.81. The van der Waals surface area contributed by atoms with Gasteiger partial charge < -0.3 is 11.1 Å².